The zero-order valence-corrected chi connectivity index (χ0v) is 39.1. The van der Waals surface area contributed by atoms with Crippen molar-refractivity contribution in [2.75, 3.05) is 11.5 Å². The van der Waals surface area contributed by atoms with Crippen LogP contribution in [0.1, 0.15) is 104 Å². The molecule has 0 N–H and O–H groups in total. The zero-order chi connectivity index (χ0) is 33.3. The topological polar surface area (TPSA) is 146 Å². The predicted molar refractivity (Wildman–Crippen MR) is 169 cm³/mol. The molecule has 0 heterocycles. The molecule has 10 nitrogen and oxygen atoms in total. The van der Waals surface area contributed by atoms with E-state index in [2.05, 4.69) is 60.5 Å². The molecule has 0 aromatic rings. The third-order valence-electron chi connectivity index (χ3n) is 5.08. The Kier molecular flexibility index (Phi) is 44.5. The summed E-state index contributed by atoms with van der Waals surface area (Å²) in [6.07, 6.45) is 11.7. The van der Waals surface area contributed by atoms with Gasteiger partial charge in [0.2, 0.25) is 0 Å². The van der Waals surface area contributed by atoms with Crippen LogP contribution in [0.4, 0.5) is 26.6 Å². The van der Waals surface area contributed by atoms with Crippen LogP contribution in [0.5, 0.6) is 0 Å². The van der Waals surface area contributed by atoms with Gasteiger partial charge in [-0.2, -0.15) is 17.6 Å². The number of rotatable bonds is 22. The van der Waals surface area contributed by atoms with Gasteiger partial charge in [0, 0.05) is 37.2 Å². The normalized spacial score (nSPS) is 14.0. The Labute approximate surface area is 368 Å². The third kappa shape index (κ3) is 32.0. The van der Waals surface area contributed by atoms with Crippen LogP contribution in [0.3, 0.4) is 0 Å². The minimum absolute atomic E-state index is 0. The van der Waals surface area contributed by atoms with Crippen molar-refractivity contribution in [1.29, 1.82) is 0 Å². The molecule has 0 saturated carbocycles. The van der Waals surface area contributed by atoms with Gasteiger partial charge in [-0.05, 0) is 21.9 Å². The molecule has 0 aromatic carbocycles. The summed E-state index contributed by atoms with van der Waals surface area (Å²) < 4.78 is 149. The van der Waals surface area contributed by atoms with Crippen LogP contribution < -0.4 is 103 Å². The average Bonchev–Trinajstić information content (AvgIpc) is 2.92. The summed E-state index contributed by atoms with van der Waals surface area (Å²) in [6, 6.07) is 0. The van der Waals surface area contributed by atoms with E-state index in [1.807, 2.05) is 6.92 Å². The minimum atomic E-state index is -5.12. The molecule has 0 aliphatic heterocycles. The van der Waals surface area contributed by atoms with Gasteiger partial charge in [-0.3, -0.25) is 0 Å². The predicted octanol–water partition coefficient (Wildman–Crippen LogP) is 2.93. The molecule has 24 heteroatoms. The Bertz CT molecular complexity index is 1150. The molecule has 0 radical (unpaired) electrons. The Balaban J connectivity index is -0.000000210. The number of alkyl halides is 4. The van der Waals surface area contributed by atoms with Crippen LogP contribution in [0.2, 0.25) is 0 Å². The maximum absolute atomic E-state index is 12.2. The molecule has 2 unspecified atom stereocenters. The molecule has 0 spiro atoms. The van der Waals surface area contributed by atoms with Gasteiger partial charge >= 0.3 is 114 Å². The Morgan fingerprint density at radius 1 is 0.523 bits per heavy atom. The maximum atomic E-state index is 12.2. The number of hydrogen-bond donors (Lipinski definition) is 0. The van der Waals surface area contributed by atoms with Gasteiger partial charge in [0.05, 0.1) is 11.5 Å². The fourth-order valence-corrected chi connectivity index (χ4v) is 8.10. The van der Waals surface area contributed by atoms with E-state index in [1.165, 1.54) is 6.42 Å². The maximum Gasteiger partial charge on any atom is 1.00 e. The van der Waals surface area contributed by atoms with Gasteiger partial charge in [-0.25, -0.2) is 25.3 Å². The number of hydrogen-bond acceptors (Lipinski definition) is 8. The standard InChI is InChI=1S/C11H22F3NO4S2.C9H18F3NO4S2.I2.2K/c1-2-3-4-5-6-7-8-9-10-20(16,17)15-21(18,19-14)11(12)13;1-2-3-4-5-6-7-8-18(14,15)13-19(16,17-12)9(10)11;1-2;;/h11H,2-10H2,1H3;9H,2-8H2,1H3;;;/q;;;2*+1. The van der Waals surface area contributed by atoms with E-state index in [9.17, 15) is 51.9 Å². The first-order valence-corrected chi connectivity index (χ1v) is 25.4. The SMILES string of the molecule is CCCCCCCCCCS(=O)(=O)N=S(=O)(OF)C(F)F.CCCCCCCCS(=O)(=O)N=S(=O)(OF)C(F)F.II.[K+].[K+]. The number of halogens is 8. The molecular formula is C20H40F6I2K2N2O8S4+2. The van der Waals surface area contributed by atoms with Crippen LogP contribution in [0, 0.1) is 0 Å². The second-order valence-corrected chi connectivity index (χ2v) is 16.0. The second-order valence-electron chi connectivity index (χ2n) is 8.64. The smallest absolute Gasteiger partial charge is 0.211 e. The molecule has 0 aliphatic rings. The summed E-state index contributed by atoms with van der Waals surface area (Å²) in [4.78, 5) is 0. The van der Waals surface area contributed by atoms with Crippen LogP contribution in [-0.2, 0) is 48.8 Å². The van der Waals surface area contributed by atoms with Crippen molar-refractivity contribution in [1.82, 2.24) is 0 Å². The molecule has 44 heavy (non-hydrogen) atoms. The molecule has 0 aromatic heterocycles. The molecule has 0 aliphatic carbocycles. The zero-order valence-electron chi connectivity index (χ0n) is 25.3. The molecule has 0 rings (SSSR count). The Hall–Kier alpha value is 4.03. The summed E-state index contributed by atoms with van der Waals surface area (Å²) in [6.45, 7) is 4.13. The van der Waals surface area contributed by atoms with Crippen molar-refractivity contribution in [3.05, 3.63) is 0 Å². The van der Waals surface area contributed by atoms with Crippen LogP contribution in [-0.4, -0.2) is 48.3 Å². The van der Waals surface area contributed by atoms with E-state index in [-0.39, 0.29) is 116 Å². The largest absolute Gasteiger partial charge is 1.00 e. The van der Waals surface area contributed by atoms with Crippen LogP contribution in [0.25, 0.3) is 0 Å². The van der Waals surface area contributed by atoms with Crippen molar-refractivity contribution >= 4 is 77.3 Å². The van der Waals surface area contributed by atoms with Crippen molar-refractivity contribution in [3.63, 3.8) is 0 Å². The molecular weight excluding hydrogens is 970 g/mol. The monoisotopic (exact) mass is 1010 g/mol. The van der Waals surface area contributed by atoms with Crippen LogP contribution >= 0.6 is 37.2 Å². The fourth-order valence-electron chi connectivity index (χ4n) is 3.02. The van der Waals surface area contributed by atoms with Crippen molar-refractivity contribution < 1.29 is 163 Å². The van der Waals surface area contributed by atoms with Gasteiger partial charge in [-0.1, -0.05) is 107 Å². The fraction of sp³-hybridized carbons (Fsp3) is 1.00. The minimum Gasteiger partial charge on any atom is -0.211 e. The van der Waals surface area contributed by atoms with E-state index < -0.39 is 63.1 Å². The van der Waals surface area contributed by atoms with E-state index >= 15 is 0 Å². The van der Waals surface area contributed by atoms with Gasteiger partial charge in [-0.15, -0.1) is 0 Å². The molecule has 0 bridgehead atoms. The molecule has 2 atom stereocenters. The second kappa shape index (κ2) is 34.1. The number of sulfonamides is 2. The molecule has 0 amide bonds. The number of nitrogens with zero attached hydrogens (tertiary/aromatic N) is 2. The summed E-state index contributed by atoms with van der Waals surface area (Å²) in [5.74, 6) is -8.74. The summed E-state index contributed by atoms with van der Waals surface area (Å²) in [5.41, 5.74) is 0. The quantitative estimate of drug-likeness (QED) is 0.0698. The first-order valence-electron chi connectivity index (χ1n) is 12.9. The van der Waals surface area contributed by atoms with E-state index in [0.717, 1.165) is 57.8 Å². The third-order valence-corrected chi connectivity index (χ3v) is 11.4. The Morgan fingerprint density at radius 3 is 0.955 bits per heavy atom. The molecule has 0 fully saturated rings. The first kappa shape index (κ1) is 57.4. The average molecular weight is 1010 g/mol. The number of unbranched alkanes of at least 4 members (excludes halogenated alkanes) is 12. The Morgan fingerprint density at radius 2 is 0.750 bits per heavy atom. The van der Waals surface area contributed by atoms with Gasteiger partial charge in [0.1, 0.15) is 0 Å². The first-order chi connectivity index (χ1) is 19.5. The van der Waals surface area contributed by atoms with Crippen molar-refractivity contribution in [3.8, 4) is 0 Å². The summed E-state index contributed by atoms with van der Waals surface area (Å²) in [5, 5.41) is 0. The van der Waals surface area contributed by atoms with E-state index in [4.69, 9.17) is 0 Å². The van der Waals surface area contributed by atoms with Gasteiger partial charge in [0.25, 0.3) is 40.1 Å². The van der Waals surface area contributed by atoms with Crippen LogP contribution in [0.15, 0.2) is 7.54 Å². The van der Waals surface area contributed by atoms with E-state index in [0.29, 0.717) is 12.8 Å². The van der Waals surface area contributed by atoms with Crippen molar-refractivity contribution in [2.45, 2.75) is 115 Å². The van der Waals surface area contributed by atoms with Gasteiger partial charge in [0.15, 0.2) is 0 Å². The molecule has 258 valence electrons. The van der Waals surface area contributed by atoms with E-state index in [1.54, 1.807) is 0 Å². The summed E-state index contributed by atoms with van der Waals surface area (Å²) >= 11 is 4.24. The van der Waals surface area contributed by atoms with Crippen molar-refractivity contribution in [2.24, 2.45) is 7.54 Å². The van der Waals surface area contributed by atoms with Gasteiger partial charge < -0.3 is 0 Å². The molecule has 0 saturated heterocycles. The summed E-state index contributed by atoms with van der Waals surface area (Å²) in [7, 11) is -19.0.